The number of likely N-dealkylation sites (N-methyl/N-ethyl adjacent to an activating group) is 1. The second-order valence-corrected chi connectivity index (χ2v) is 8.66. The molecule has 0 bridgehead atoms. The zero-order valence-electron chi connectivity index (χ0n) is 19.8. The Morgan fingerprint density at radius 2 is 2.11 bits per heavy atom. The Labute approximate surface area is 207 Å². The molecule has 2 N–H and O–H groups in total. The molecular weight excluding hydrogens is 460 g/mol. The summed E-state index contributed by atoms with van der Waals surface area (Å²) < 4.78 is 7.55. The Bertz CT molecular complexity index is 1400. The Balaban J connectivity index is 1.40. The number of aliphatic hydroxyl groups excluding tert-OH is 1. The molecule has 10 heteroatoms. The fraction of sp³-hybridized carbons (Fsp3) is 0.269. The van der Waals surface area contributed by atoms with E-state index in [1.54, 1.807) is 31.6 Å². The van der Waals surface area contributed by atoms with Crippen LogP contribution in [-0.2, 0) is 11.2 Å². The number of nitroso groups, excluding NO2 is 1. The highest BCUT2D eigenvalue weighted by Crippen LogP contribution is 2.37. The molecule has 1 atom stereocenters. The Morgan fingerprint density at radius 1 is 1.28 bits per heavy atom. The smallest absolute Gasteiger partial charge is 0.260 e. The highest BCUT2D eigenvalue weighted by atomic mass is 16.5. The van der Waals surface area contributed by atoms with E-state index in [1.165, 1.54) is 4.90 Å². The monoisotopic (exact) mass is 486 g/mol. The number of amides is 1. The highest BCUT2D eigenvalue weighted by molar-refractivity contribution is 5.80. The maximum absolute atomic E-state index is 12.1. The number of nitrogens with zero attached hydrogens (tertiary/aromatic N) is 5. The zero-order valence-corrected chi connectivity index (χ0v) is 19.8. The van der Waals surface area contributed by atoms with Gasteiger partial charge in [0.05, 0.1) is 12.8 Å². The van der Waals surface area contributed by atoms with Gasteiger partial charge in [-0.2, -0.15) is 4.91 Å². The summed E-state index contributed by atoms with van der Waals surface area (Å²) in [6, 6.07) is 13.1. The third-order valence-corrected chi connectivity index (χ3v) is 6.36. The maximum Gasteiger partial charge on any atom is 0.260 e. The number of imidazole rings is 1. The van der Waals surface area contributed by atoms with Crippen LogP contribution in [0, 0.1) is 4.91 Å². The van der Waals surface area contributed by atoms with Crippen LogP contribution in [-0.4, -0.2) is 57.1 Å². The number of aromatic nitrogens is 3. The summed E-state index contributed by atoms with van der Waals surface area (Å²) in [4.78, 5) is 33.5. The van der Waals surface area contributed by atoms with E-state index in [4.69, 9.17) is 14.8 Å². The molecule has 4 aromatic rings. The first-order valence-electron chi connectivity index (χ1n) is 11.7. The summed E-state index contributed by atoms with van der Waals surface area (Å²) in [6.45, 7) is 0.0592. The predicted octanol–water partition coefficient (Wildman–Crippen LogP) is 3.72. The zero-order chi connectivity index (χ0) is 25.1. The van der Waals surface area contributed by atoms with Crippen molar-refractivity contribution in [1.82, 2.24) is 19.3 Å². The average molecular weight is 487 g/mol. The fourth-order valence-electron chi connectivity index (χ4n) is 4.39. The van der Waals surface area contributed by atoms with Gasteiger partial charge in [-0.15, -0.1) is 0 Å². The van der Waals surface area contributed by atoms with Crippen LogP contribution in [0.4, 0.5) is 11.5 Å². The van der Waals surface area contributed by atoms with Gasteiger partial charge >= 0.3 is 0 Å². The predicted molar refractivity (Wildman–Crippen MR) is 135 cm³/mol. The van der Waals surface area contributed by atoms with Gasteiger partial charge in [0.2, 0.25) is 0 Å². The molecule has 2 aromatic heterocycles. The van der Waals surface area contributed by atoms with Crippen molar-refractivity contribution in [1.29, 1.82) is 0 Å². The first-order valence-corrected chi connectivity index (χ1v) is 11.7. The van der Waals surface area contributed by atoms with Crippen LogP contribution >= 0.6 is 0 Å². The van der Waals surface area contributed by atoms with Crippen LogP contribution in [0.1, 0.15) is 23.6 Å². The summed E-state index contributed by atoms with van der Waals surface area (Å²) in [7, 11) is 1.62. The molecule has 5 rings (SSSR count). The molecule has 1 unspecified atom stereocenters. The molecule has 184 valence electrons. The number of ether oxygens (including phenoxy) is 1. The molecule has 0 spiro atoms. The first-order chi connectivity index (χ1) is 17.6. The van der Waals surface area contributed by atoms with Crippen molar-refractivity contribution in [3.8, 4) is 17.0 Å². The van der Waals surface area contributed by atoms with Crippen LogP contribution in [0.2, 0.25) is 0 Å². The molecule has 0 saturated carbocycles. The van der Waals surface area contributed by atoms with Crippen molar-refractivity contribution in [2.45, 2.75) is 18.9 Å². The van der Waals surface area contributed by atoms with E-state index in [0.717, 1.165) is 46.7 Å². The number of carbonyl (C=O) groups excluding carboxylic acids is 1. The molecular formula is C26H26N6O4. The third-order valence-electron chi connectivity index (χ3n) is 6.36. The van der Waals surface area contributed by atoms with Gasteiger partial charge in [0, 0.05) is 37.2 Å². The lowest BCUT2D eigenvalue weighted by molar-refractivity contribution is -0.132. The van der Waals surface area contributed by atoms with Crippen molar-refractivity contribution < 1.29 is 14.6 Å². The molecule has 1 aliphatic rings. The number of hydrogen-bond donors (Lipinski definition) is 2. The number of benzene rings is 2. The van der Waals surface area contributed by atoms with Gasteiger partial charge in [-0.1, -0.05) is 11.2 Å². The SMILES string of the molecule is CN(CCO)C(=O)COc1ccc(-c2nc3cnccn3c2Nc2ccc3c(c2)CCC3N=O)cc1. The minimum Gasteiger partial charge on any atom is -0.484 e. The Morgan fingerprint density at radius 3 is 2.89 bits per heavy atom. The van der Waals surface area contributed by atoms with Crippen LogP contribution in [0.5, 0.6) is 5.75 Å². The van der Waals surface area contributed by atoms with Gasteiger partial charge in [0.1, 0.15) is 23.3 Å². The van der Waals surface area contributed by atoms with E-state index in [9.17, 15) is 9.70 Å². The van der Waals surface area contributed by atoms with Crippen LogP contribution in [0.25, 0.3) is 16.9 Å². The van der Waals surface area contributed by atoms with Gasteiger partial charge in [-0.05, 0) is 60.4 Å². The molecule has 36 heavy (non-hydrogen) atoms. The van der Waals surface area contributed by atoms with E-state index in [-0.39, 0.29) is 31.7 Å². The molecule has 0 saturated heterocycles. The van der Waals surface area contributed by atoms with E-state index < -0.39 is 0 Å². The number of anilines is 2. The number of fused-ring (bicyclic) bond motifs is 2. The Kier molecular flexibility index (Phi) is 6.59. The van der Waals surface area contributed by atoms with Crippen LogP contribution in [0.15, 0.2) is 66.2 Å². The number of rotatable bonds is 9. The van der Waals surface area contributed by atoms with Crippen molar-refractivity contribution in [3.63, 3.8) is 0 Å². The number of nitrogens with one attached hydrogen (secondary N) is 1. The van der Waals surface area contributed by atoms with Crippen molar-refractivity contribution in [2.24, 2.45) is 5.18 Å². The fourth-order valence-corrected chi connectivity index (χ4v) is 4.39. The van der Waals surface area contributed by atoms with Crippen LogP contribution in [0.3, 0.4) is 0 Å². The lowest BCUT2D eigenvalue weighted by Gasteiger charge is -2.16. The maximum atomic E-state index is 12.1. The van der Waals surface area contributed by atoms with Crippen molar-refractivity contribution in [2.75, 3.05) is 32.1 Å². The van der Waals surface area contributed by atoms with Gasteiger partial charge in [-0.25, -0.2) is 4.98 Å². The molecule has 0 radical (unpaired) electrons. The molecule has 2 aromatic carbocycles. The second kappa shape index (κ2) is 10.1. The minimum absolute atomic E-state index is 0.0935. The normalized spacial score (nSPS) is 14.4. The topological polar surface area (TPSA) is 121 Å². The van der Waals surface area contributed by atoms with Gasteiger partial charge in [0.15, 0.2) is 12.3 Å². The first kappa shape index (κ1) is 23.4. The number of carbonyl (C=O) groups is 1. The third kappa shape index (κ3) is 4.63. The molecule has 10 nitrogen and oxygen atoms in total. The van der Waals surface area contributed by atoms with E-state index >= 15 is 0 Å². The quantitative estimate of drug-likeness (QED) is 0.346. The summed E-state index contributed by atoms with van der Waals surface area (Å²) in [6.07, 6.45) is 6.81. The lowest BCUT2D eigenvalue weighted by Crippen LogP contribution is -2.33. The number of hydrogen-bond acceptors (Lipinski definition) is 8. The van der Waals surface area contributed by atoms with Gasteiger partial charge in [0.25, 0.3) is 5.91 Å². The summed E-state index contributed by atoms with van der Waals surface area (Å²) in [5, 5.41) is 15.7. The van der Waals surface area contributed by atoms with E-state index in [1.807, 2.05) is 34.9 Å². The van der Waals surface area contributed by atoms with Gasteiger partial charge in [-0.3, -0.25) is 14.2 Å². The molecule has 2 heterocycles. The summed E-state index contributed by atoms with van der Waals surface area (Å²) >= 11 is 0. The molecule has 0 fully saturated rings. The Hall–Kier alpha value is -4.31. The standard InChI is InChI=1S/C26H26N6O4/c1-31(12-13-33)24(34)16-36-20-6-2-17(3-7-20)25-26(32-11-10-27-15-23(32)29-25)28-19-5-8-21-18(14-19)4-9-22(21)30-35/h2-3,5-8,10-11,14-15,22,28,33H,4,9,12-13,16H2,1H3. The number of aryl methyl sites for hydroxylation is 1. The summed E-state index contributed by atoms with van der Waals surface area (Å²) in [5.41, 5.74) is 5.31. The average Bonchev–Trinajstić information content (AvgIpc) is 3.48. The van der Waals surface area contributed by atoms with E-state index in [0.29, 0.717) is 11.4 Å². The second-order valence-electron chi connectivity index (χ2n) is 8.66. The van der Waals surface area contributed by atoms with E-state index in [2.05, 4.69) is 21.5 Å². The van der Waals surface area contributed by atoms with Crippen molar-refractivity contribution >= 4 is 23.1 Å². The highest BCUT2D eigenvalue weighted by Gasteiger charge is 2.24. The number of aliphatic hydroxyl groups is 1. The lowest BCUT2D eigenvalue weighted by atomic mass is 10.1. The van der Waals surface area contributed by atoms with Gasteiger partial charge < -0.3 is 20.1 Å². The molecule has 1 aliphatic carbocycles. The minimum atomic E-state index is -0.266. The molecule has 1 amide bonds. The largest absolute Gasteiger partial charge is 0.484 e. The molecule has 0 aliphatic heterocycles. The van der Waals surface area contributed by atoms with Crippen LogP contribution < -0.4 is 10.1 Å². The van der Waals surface area contributed by atoms with Crippen molar-refractivity contribution in [3.05, 3.63) is 77.1 Å². The summed E-state index contributed by atoms with van der Waals surface area (Å²) in [5.74, 6) is 1.13.